The number of rotatable bonds is 2. The molecule has 1 aromatic carbocycles. The summed E-state index contributed by atoms with van der Waals surface area (Å²) < 4.78 is 10.8. The van der Waals surface area contributed by atoms with Crippen LogP contribution in [-0.4, -0.2) is 19.5 Å². The standard InChI is InChI=1S/C11H14O2S/c1-11(13-7-8-14-11)9-3-5-10(12-2)6-4-9/h3-6H,7-8H2,1-2H3. The van der Waals surface area contributed by atoms with Gasteiger partial charge in [0.05, 0.1) is 13.7 Å². The lowest BCUT2D eigenvalue weighted by molar-refractivity contribution is 0.0644. The van der Waals surface area contributed by atoms with Crippen LogP contribution in [0.3, 0.4) is 0 Å². The fourth-order valence-corrected chi connectivity index (χ4v) is 2.60. The Morgan fingerprint density at radius 1 is 1.36 bits per heavy atom. The Hall–Kier alpha value is -0.670. The third-order valence-corrected chi connectivity index (χ3v) is 3.73. The van der Waals surface area contributed by atoms with Gasteiger partial charge >= 0.3 is 0 Å². The normalized spacial score (nSPS) is 26.4. The SMILES string of the molecule is COc1ccc(C2(C)OCCS2)cc1. The van der Waals surface area contributed by atoms with Gasteiger partial charge in [-0.3, -0.25) is 0 Å². The molecule has 0 N–H and O–H groups in total. The summed E-state index contributed by atoms with van der Waals surface area (Å²) in [4.78, 5) is -0.160. The second kappa shape index (κ2) is 3.83. The van der Waals surface area contributed by atoms with Crippen LogP contribution in [0.25, 0.3) is 0 Å². The molecule has 1 aliphatic heterocycles. The highest BCUT2D eigenvalue weighted by Gasteiger charge is 2.32. The third kappa shape index (κ3) is 1.74. The van der Waals surface area contributed by atoms with Crippen molar-refractivity contribution in [3.05, 3.63) is 29.8 Å². The average molecular weight is 210 g/mol. The molecule has 14 heavy (non-hydrogen) atoms. The van der Waals surface area contributed by atoms with Gasteiger partial charge in [0.1, 0.15) is 10.7 Å². The topological polar surface area (TPSA) is 18.5 Å². The minimum absolute atomic E-state index is 0.160. The predicted molar refractivity (Wildman–Crippen MR) is 58.8 cm³/mol. The summed E-state index contributed by atoms with van der Waals surface area (Å²) in [7, 11) is 1.68. The summed E-state index contributed by atoms with van der Waals surface area (Å²) in [5.74, 6) is 1.96. The van der Waals surface area contributed by atoms with Crippen LogP contribution in [0.15, 0.2) is 24.3 Å². The molecule has 1 unspecified atom stereocenters. The van der Waals surface area contributed by atoms with Gasteiger partial charge < -0.3 is 9.47 Å². The molecule has 0 amide bonds. The lowest BCUT2D eigenvalue weighted by atomic mass is 10.1. The molecule has 2 nitrogen and oxygen atoms in total. The first-order valence-corrected chi connectivity index (χ1v) is 5.65. The smallest absolute Gasteiger partial charge is 0.136 e. The minimum atomic E-state index is -0.160. The van der Waals surface area contributed by atoms with E-state index in [1.165, 1.54) is 5.56 Å². The van der Waals surface area contributed by atoms with Crippen LogP contribution >= 0.6 is 11.8 Å². The summed E-state index contributed by atoms with van der Waals surface area (Å²) in [6.07, 6.45) is 0. The van der Waals surface area contributed by atoms with Gasteiger partial charge in [-0.2, -0.15) is 0 Å². The van der Waals surface area contributed by atoms with Crippen molar-refractivity contribution in [3.8, 4) is 5.75 Å². The van der Waals surface area contributed by atoms with Gasteiger partial charge in [0.15, 0.2) is 0 Å². The number of methoxy groups -OCH3 is 1. The maximum atomic E-state index is 5.72. The van der Waals surface area contributed by atoms with E-state index >= 15 is 0 Å². The average Bonchev–Trinajstić information content (AvgIpc) is 2.67. The van der Waals surface area contributed by atoms with Crippen LogP contribution in [0.4, 0.5) is 0 Å². The molecule has 0 aliphatic carbocycles. The molecular formula is C11H14O2S. The summed E-state index contributed by atoms with van der Waals surface area (Å²) in [6.45, 7) is 2.96. The molecule has 0 bridgehead atoms. The van der Waals surface area contributed by atoms with Crippen LogP contribution in [0.2, 0.25) is 0 Å². The minimum Gasteiger partial charge on any atom is -0.497 e. The van der Waals surface area contributed by atoms with E-state index < -0.39 is 0 Å². The quantitative estimate of drug-likeness (QED) is 0.747. The molecule has 0 aromatic heterocycles. The van der Waals surface area contributed by atoms with Crippen molar-refractivity contribution >= 4 is 11.8 Å². The maximum absolute atomic E-state index is 5.72. The third-order valence-electron chi connectivity index (χ3n) is 2.45. The molecule has 1 fully saturated rings. The maximum Gasteiger partial charge on any atom is 0.136 e. The molecule has 3 heteroatoms. The molecular weight excluding hydrogens is 196 g/mol. The fourth-order valence-electron chi connectivity index (χ4n) is 1.57. The first-order valence-electron chi connectivity index (χ1n) is 4.67. The van der Waals surface area contributed by atoms with E-state index in [2.05, 4.69) is 19.1 Å². The number of benzene rings is 1. The van der Waals surface area contributed by atoms with Gasteiger partial charge in [-0.25, -0.2) is 0 Å². The van der Waals surface area contributed by atoms with Crippen molar-refractivity contribution in [1.29, 1.82) is 0 Å². The van der Waals surface area contributed by atoms with Gasteiger partial charge in [0.25, 0.3) is 0 Å². The van der Waals surface area contributed by atoms with Crippen molar-refractivity contribution in [2.24, 2.45) is 0 Å². The second-order valence-electron chi connectivity index (χ2n) is 3.37. The van der Waals surface area contributed by atoms with E-state index in [0.29, 0.717) is 0 Å². The summed E-state index contributed by atoms with van der Waals surface area (Å²) in [6, 6.07) is 8.08. The molecule has 1 heterocycles. The van der Waals surface area contributed by atoms with Crippen molar-refractivity contribution in [1.82, 2.24) is 0 Å². The lowest BCUT2D eigenvalue weighted by Gasteiger charge is -2.22. The number of hydrogen-bond donors (Lipinski definition) is 0. The molecule has 0 saturated carbocycles. The Morgan fingerprint density at radius 3 is 2.57 bits per heavy atom. The fraction of sp³-hybridized carbons (Fsp3) is 0.455. The molecule has 1 atom stereocenters. The Balaban J connectivity index is 2.23. The van der Waals surface area contributed by atoms with E-state index in [-0.39, 0.29) is 4.93 Å². The van der Waals surface area contributed by atoms with E-state index in [0.717, 1.165) is 18.1 Å². The number of hydrogen-bond acceptors (Lipinski definition) is 3. The zero-order chi connectivity index (χ0) is 10.0. The number of ether oxygens (including phenoxy) is 2. The van der Waals surface area contributed by atoms with E-state index in [1.807, 2.05) is 23.9 Å². The van der Waals surface area contributed by atoms with Crippen LogP contribution in [0.1, 0.15) is 12.5 Å². The van der Waals surface area contributed by atoms with Gasteiger partial charge in [-0.1, -0.05) is 12.1 Å². The highest BCUT2D eigenvalue weighted by molar-refractivity contribution is 8.00. The van der Waals surface area contributed by atoms with Crippen molar-refractivity contribution < 1.29 is 9.47 Å². The van der Waals surface area contributed by atoms with Crippen LogP contribution in [0.5, 0.6) is 5.75 Å². The Kier molecular flexibility index (Phi) is 2.70. The van der Waals surface area contributed by atoms with Gasteiger partial charge in [-0.05, 0) is 24.6 Å². The van der Waals surface area contributed by atoms with E-state index in [9.17, 15) is 0 Å². The lowest BCUT2D eigenvalue weighted by Crippen LogP contribution is -2.15. The highest BCUT2D eigenvalue weighted by atomic mass is 32.2. The Bertz CT molecular complexity index is 302. The second-order valence-corrected chi connectivity index (χ2v) is 4.85. The molecule has 0 spiro atoms. The Labute approximate surface area is 88.6 Å². The molecule has 1 aromatic rings. The van der Waals surface area contributed by atoms with Crippen molar-refractivity contribution in [2.45, 2.75) is 11.9 Å². The zero-order valence-electron chi connectivity index (χ0n) is 8.45. The largest absolute Gasteiger partial charge is 0.497 e. The first kappa shape index (κ1) is 9.87. The summed E-state index contributed by atoms with van der Waals surface area (Å²) >= 11 is 1.85. The Morgan fingerprint density at radius 2 is 2.07 bits per heavy atom. The van der Waals surface area contributed by atoms with Crippen LogP contribution in [0, 0.1) is 0 Å². The number of thioether (sulfide) groups is 1. The zero-order valence-corrected chi connectivity index (χ0v) is 9.26. The van der Waals surface area contributed by atoms with Gasteiger partial charge in [-0.15, -0.1) is 11.8 Å². The van der Waals surface area contributed by atoms with Crippen molar-refractivity contribution in [3.63, 3.8) is 0 Å². The monoisotopic (exact) mass is 210 g/mol. The van der Waals surface area contributed by atoms with E-state index in [4.69, 9.17) is 9.47 Å². The van der Waals surface area contributed by atoms with Gasteiger partial charge in [0.2, 0.25) is 0 Å². The van der Waals surface area contributed by atoms with E-state index in [1.54, 1.807) is 7.11 Å². The van der Waals surface area contributed by atoms with Crippen molar-refractivity contribution in [2.75, 3.05) is 19.5 Å². The molecule has 76 valence electrons. The van der Waals surface area contributed by atoms with Gasteiger partial charge in [0, 0.05) is 5.75 Å². The summed E-state index contributed by atoms with van der Waals surface area (Å²) in [5.41, 5.74) is 1.21. The molecule has 2 rings (SSSR count). The van der Waals surface area contributed by atoms with Crippen LogP contribution in [-0.2, 0) is 9.67 Å². The molecule has 1 saturated heterocycles. The highest BCUT2D eigenvalue weighted by Crippen LogP contribution is 2.41. The molecule has 0 radical (unpaired) electrons. The molecule has 1 aliphatic rings. The summed E-state index contributed by atoms with van der Waals surface area (Å²) in [5, 5.41) is 0. The van der Waals surface area contributed by atoms with Crippen LogP contribution < -0.4 is 4.74 Å². The first-order chi connectivity index (χ1) is 6.74. The predicted octanol–water partition coefficient (Wildman–Crippen LogP) is 2.63.